The number of rotatable bonds is 2. The Hall–Kier alpha value is -1.80. The smallest absolute Gasteiger partial charge is 0.258 e. The number of para-hydroxylation sites is 2. The summed E-state index contributed by atoms with van der Waals surface area (Å²) >= 11 is 4.02. The number of hydrogen-bond acceptors (Lipinski definition) is 7. The Morgan fingerprint density at radius 2 is 2.20 bits per heavy atom. The molecule has 1 aliphatic heterocycles. The summed E-state index contributed by atoms with van der Waals surface area (Å²) < 4.78 is 1.24. The number of nitro benzene ring substituents is 1. The molecule has 15 heavy (non-hydrogen) atoms. The van der Waals surface area contributed by atoms with Crippen LogP contribution in [0.4, 0.5) is 11.4 Å². The normalized spacial score (nSPS) is 15.4. The molecule has 1 aliphatic rings. The van der Waals surface area contributed by atoms with Gasteiger partial charge in [-0.15, -0.1) is 0 Å². The SMILES string of the molecule is O=[N+]([O-])c1ccccc1N1C=NNN1S. The van der Waals surface area contributed by atoms with Crippen molar-refractivity contribution in [3.8, 4) is 0 Å². The summed E-state index contributed by atoms with van der Waals surface area (Å²) in [5.74, 6) is 0. The highest BCUT2D eigenvalue weighted by Gasteiger charge is 2.23. The first-order chi connectivity index (χ1) is 7.20. The summed E-state index contributed by atoms with van der Waals surface area (Å²) in [5.41, 5.74) is 2.89. The van der Waals surface area contributed by atoms with Crippen molar-refractivity contribution < 1.29 is 4.92 Å². The minimum absolute atomic E-state index is 0.00769. The largest absolute Gasteiger partial charge is 0.294 e. The van der Waals surface area contributed by atoms with E-state index < -0.39 is 4.92 Å². The molecular formula is C7H7N5O2S. The fourth-order valence-corrected chi connectivity index (χ4v) is 1.40. The van der Waals surface area contributed by atoms with Gasteiger partial charge in [-0.25, -0.2) is 10.5 Å². The summed E-state index contributed by atoms with van der Waals surface area (Å²) in [6, 6.07) is 6.34. The number of hydrazine groups is 2. The summed E-state index contributed by atoms with van der Waals surface area (Å²) in [7, 11) is 0. The number of nitro groups is 1. The van der Waals surface area contributed by atoms with Crippen LogP contribution in [0.1, 0.15) is 0 Å². The van der Waals surface area contributed by atoms with E-state index in [1.807, 2.05) is 0 Å². The zero-order valence-electron chi connectivity index (χ0n) is 7.44. The Balaban J connectivity index is 2.43. The predicted molar refractivity (Wildman–Crippen MR) is 58.0 cm³/mol. The molecule has 2 rings (SSSR count). The van der Waals surface area contributed by atoms with Crippen molar-refractivity contribution in [3.63, 3.8) is 0 Å². The van der Waals surface area contributed by atoms with Gasteiger partial charge in [0.15, 0.2) is 0 Å². The molecule has 0 spiro atoms. The first-order valence-electron chi connectivity index (χ1n) is 4.00. The summed E-state index contributed by atoms with van der Waals surface area (Å²) in [5, 5.41) is 15.9. The third kappa shape index (κ3) is 1.72. The second kappa shape index (κ2) is 3.75. The van der Waals surface area contributed by atoms with Crippen molar-refractivity contribution in [1.82, 2.24) is 10.1 Å². The highest BCUT2D eigenvalue weighted by molar-refractivity contribution is 7.77. The minimum Gasteiger partial charge on any atom is -0.258 e. The topological polar surface area (TPSA) is 74.0 Å². The third-order valence-electron chi connectivity index (χ3n) is 1.84. The lowest BCUT2D eigenvalue weighted by Crippen LogP contribution is -2.35. The molecule has 0 radical (unpaired) electrons. The van der Waals surface area contributed by atoms with Gasteiger partial charge in [-0.05, 0) is 18.9 Å². The van der Waals surface area contributed by atoms with Crippen LogP contribution in [0.5, 0.6) is 0 Å². The molecule has 1 heterocycles. The number of nitrogens with one attached hydrogen (secondary N) is 1. The van der Waals surface area contributed by atoms with Gasteiger partial charge in [0.05, 0.1) is 4.92 Å². The zero-order valence-corrected chi connectivity index (χ0v) is 8.33. The maximum Gasteiger partial charge on any atom is 0.294 e. The van der Waals surface area contributed by atoms with Crippen LogP contribution in [0.25, 0.3) is 0 Å². The van der Waals surface area contributed by atoms with Gasteiger partial charge in [-0.1, -0.05) is 16.7 Å². The summed E-state index contributed by atoms with van der Waals surface area (Å²) in [6.07, 6.45) is 1.40. The molecule has 0 bridgehead atoms. The minimum atomic E-state index is -0.455. The first kappa shape index (κ1) is 9.74. The molecule has 0 aliphatic carbocycles. The van der Waals surface area contributed by atoms with Crippen molar-refractivity contribution >= 4 is 30.5 Å². The van der Waals surface area contributed by atoms with Gasteiger partial charge in [-0.2, -0.15) is 5.10 Å². The van der Waals surface area contributed by atoms with E-state index >= 15 is 0 Å². The van der Waals surface area contributed by atoms with Gasteiger partial charge < -0.3 is 0 Å². The van der Waals surface area contributed by atoms with Gasteiger partial charge in [0.1, 0.15) is 12.0 Å². The van der Waals surface area contributed by atoms with Crippen LogP contribution >= 0.6 is 12.8 Å². The lowest BCUT2D eigenvalue weighted by molar-refractivity contribution is -0.384. The van der Waals surface area contributed by atoms with Crippen LogP contribution in [-0.2, 0) is 0 Å². The number of nitrogens with zero attached hydrogens (tertiary/aromatic N) is 4. The molecule has 78 valence electrons. The Morgan fingerprint density at radius 1 is 1.47 bits per heavy atom. The van der Waals surface area contributed by atoms with Gasteiger partial charge in [-0.3, -0.25) is 10.1 Å². The molecule has 1 aromatic rings. The number of hydrogen-bond donors (Lipinski definition) is 2. The highest BCUT2D eigenvalue weighted by atomic mass is 32.1. The molecule has 0 fully saturated rings. The maximum absolute atomic E-state index is 10.8. The fourth-order valence-electron chi connectivity index (χ4n) is 1.21. The van der Waals surface area contributed by atoms with Gasteiger partial charge in [0.2, 0.25) is 0 Å². The molecule has 8 heteroatoms. The second-order valence-corrected chi connectivity index (χ2v) is 3.10. The van der Waals surface area contributed by atoms with E-state index in [1.54, 1.807) is 18.2 Å². The van der Waals surface area contributed by atoms with Crippen LogP contribution in [0, 0.1) is 10.1 Å². The van der Waals surface area contributed by atoms with Crippen molar-refractivity contribution in [2.45, 2.75) is 0 Å². The van der Waals surface area contributed by atoms with E-state index in [1.165, 1.54) is 21.9 Å². The monoisotopic (exact) mass is 225 g/mol. The fraction of sp³-hybridized carbons (Fsp3) is 0. The van der Waals surface area contributed by atoms with Crippen LogP contribution < -0.4 is 10.5 Å². The van der Waals surface area contributed by atoms with Gasteiger partial charge in [0.25, 0.3) is 5.69 Å². The van der Waals surface area contributed by atoms with Crippen LogP contribution in [0.15, 0.2) is 29.4 Å². The zero-order chi connectivity index (χ0) is 10.8. The Morgan fingerprint density at radius 3 is 2.80 bits per heavy atom. The van der Waals surface area contributed by atoms with E-state index in [9.17, 15) is 10.1 Å². The number of benzene rings is 1. The quantitative estimate of drug-likeness (QED) is 0.445. The molecular weight excluding hydrogens is 218 g/mol. The number of hydrazone groups is 1. The maximum atomic E-state index is 10.8. The summed E-state index contributed by atoms with van der Waals surface area (Å²) in [6.45, 7) is 0. The Labute approximate surface area is 90.6 Å². The molecule has 0 amide bonds. The van der Waals surface area contributed by atoms with Crippen molar-refractivity contribution in [3.05, 3.63) is 34.4 Å². The lowest BCUT2D eigenvalue weighted by Gasteiger charge is -2.20. The number of thiol groups is 1. The van der Waals surface area contributed by atoms with Crippen molar-refractivity contribution in [2.75, 3.05) is 5.01 Å². The Bertz CT molecular complexity index is 424. The Kier molecular flexibility index (Phi) is 2.44. The summed E-state index contributed by atoms with van der Waals surface area (Å²) in [4.78, 5) is 10.3. The van der Waals surface area contributed by atoms with Crippen molar-refractivity contribution in [2.24, 2.45) is 5.10 Å². The molecule has 0 atom stereocenters. The van der Waals surface area contributed by atoms with Crippen LogP contribution in [-0.4, -0.2) is 15.8 Å². The lowest BCUT2D eigenvalue weighted by atomic mass is 10.2. The van der Waals surface area contributed by atoms with E-state index in [4.69, 9.17) is 0 Å². The third-order valence-corrected chi connectivity index (χ3v) is 2.13. The van der Waals surface area contributed by atoms with Crippen LogP contribution in [0.3, 0.4) is 0 Å². The molecule has 0 saturated heterocycles. The second-order valence-electron chi connectivity index (χ2n) is 2.72. The molecule has 1 N–H and O–H groups in total. The number of anilines is 1. The van der Waals surface area contributed by atoms with E-state index in [0.29, 0.717) is 5.69 Å². The predicted octanol–water partition coefficient (Wildman–Crippen LogP) is 0.924. The van der Waals surface area contributed by atoms with E-state index in [2.05, 4.69) is 23.5 Å². The molecule has 7 nitrogen and oxygen atoms in total. The molecule has 0 unspecified atom stereocenters. The van der Waals surface area contributed by atoms with Crippen molar-refractivity contribution in [1.29, 1.82) is 0 Å². The average Bonchev–Trinajstić information content (AvgIpc) is 2.64. The standard InChI is InChI=1S/C7H7N5O2S/c13-11(14)7-4-2-1-3-6(7)10-5-8-9-12(10)15/h1-5,9,15H. The van der Waals surface area contributed by atoms with E-state index in [0.717, 1.165) is 0 Å². The first-order valence-corrected chi connectivity index (χ1v) is 4.40. The molecule has 0 aromatic heterocycles. The van der Waals surface area contributed by atoms with Gasteiger partial charge in [0, 0.05) is 6.07 Å². The van der Waals surface area contributed by atoms with Crippen LogP contribution in [0.2, 0.25) is 0 Å². The highest BCUT2D eigenvalue weighted by Crippen LogP contribution is 2.28. The molecule has 0 saturated carbocycles. The van der Waals surface area contributed by atoms with Gasteiger partial charge >= 0.3 is 0 Å². The molecule has 1 aromatic carbocycles. The average molecular weight is 225 g/mol. The van der Waals surface area contributed by atoms with E-state index in [-0.39, 0.29) is 5.69 Å².